The van der Waals surface area contributed by atoms with Gasteiger partial charge in [0, 0.05) is 25.3 Å². The summed E-state index contributed by atoms with van der Waals surface area (Å²) in [5.74, 6) is -0.593. The quantitative estimate of drug-likeness (QED) is 0.684. The Labute approximate surface area is 143 Å². The van der Waals surface area contributed by atoms with Gasteiger partial charge in [-0.1, -0.05) is 12.1 Å². The number of likely N-dealkylation sites (tertiary alicyclic amines) is 1. The number of carbonyl (C=O) groups is 2. The first-order chi connectivity index (χ1) is 11.5. The second kappa shape index (κ2) is 8.80. The number of aliphatic hydroxyl groups is 1. The smallest absolute Gasteiger partial charge is 0.233 e. The Hall–Kier alpha value is -1.92. The Kier molecular flexibility index (Phi) is 6.75. The molecule has 0 spiro atoms. The molecule has 0 radical (unpaired) electrons. The summed E-state index contributed by atoms with van der Waals surface area (Å²) in [7, 11) is 0. The van der Waals surface area contributed by atoms with Gasteiger partial charge in [-0.05, 0) is 50.4 Å². The van der Waals surface area contributed by atoms with Gasteiger partial charge in [-0.25, -0.2) is 0 Å². The molecule has 24 heavy (non-hydrogen) atoms. The van der Waals surface area contributed by atoms with Crippen molar-refractivity contribution in [3.63, 3.8) is 0 Å². The van der Waals surface area contributed by atoms with Crippen LogP contribution in [0, 0.1) is 13.8 Å². The van der Waals surface area contributed by atoms with E-state index in [1.54, 1.807) is 0 Å². The highest BCUT2D eigenvalue weighted by Crippen LogP contribution is 2.18. The normalized spacial score (nSPS) is 18.2. The number of nitrogens with one attached hydrogen (secondary N) is 2. The van der Waals surface area contributed by atoms with E-state index in [4.69, 9.17) is 0 Å². The van der Waals surface area contributed by atoms with E-state index < -0.39 is 0 Å². The lowest BCUT2D eigenvalue weighted by atomic mass is 10.1. The van der Waals surface area contributed by atoms with Gasteiger partial charge >= 0.3 is 0 Å². The SMILES string of the molecule is Cc1cccc(NC(=O)CC(=O)NCCN2CCC[C@@H](O)C2)c1C. The van der Waals surface area contributed by atoms with Crippen LogP contribution in [-0.4, -0.2) is 54.1 Å². The summed E-state index contributed by atoms with van der Waals surface area (Å²) in [6, 6.07) is 5.69. The average molecular weight is 333 g/mol. The first kappa shape index (κ1) is 18.4. The molecule has 1 aliphatic rings. The second-order valence-corrected chi connectivity index (χ2v) is 6.42. The number of aliphatic hydroxyl groups excluding tert-OH is 1. The molecule has 1 atom stereocenters. The number of carbonyl (C=O) groups excluding carboxylic acids is 2. The number of anilines is 1. The van der Waals surface area contributed by atoms with Gasteiger partial charge in [-0.3, -0.25) is 14.5 Å². The van der Waals surface area contributed by atoms with Crippen molar-refractivity contribution >= 4 is 17.5 Å². The molecule has 1 aromatic rings. The molecular formula is C18H27N3O3. The largest absolute Gasteiger partial charge is 0.392 e. The molecule has 1 saturated heterocycles. The number of benzene rings is 1. The second-order valence-electron chi connectivity index (χ2n) is 6.42. The number of rotatable bonds is 6. The lowest BCUT2D eigenvalue weighted by molar-refractivity contribution is -0.126. The Morgan fingerprint density at radius 3 is 2.83 bits per heavy atom. The van der Waals surface area contributed by atoms with Gasteiger partial charge in [-0.15, -0.1) is 0 Å². The Bertz CT molecular complexity index is 589. The average Bonchev–Trinajstić information content (AvgIpc) is 2.52. The number of amides is 2. The van der Waals surface area contributed by atoms with Gasteiger partial charge in [0.25, 0.3) is 0 Å². The fourth-order valence-corrected chi connectivity index (χ4v) is 2.88. The predicted molar refractivity (Wildman–Crippen MR) is 93.9 cm³/mol. The fourth-order valence-electron chi connectivity index (χ4n) is 2.88. The van der Waals surface area contributed by atoms with Crippen molar-refractivity contribution in [2.45, 2.75) is 39.2 Å². The molecule has 6 heteroatoms. The van der Waals surface area contributed by atoms with Crippen LogP contribution in [0.5, 0.6) is 0 Å². The number of piperidine rings is 1. The van der Waals surface area contributed by atoms with Gasteiger partial charge in [0.1, 0.15) is 6.42 Å². The maximum absolute atomic E-state index is 12.0. The molecule has 1 aromatic carbocycles. The lowest BCUT2D eigenvalue weighted by Crippen LogP contribution is -2.42. The molecule has 0 saturated carbocycles. The van der Waals surface area contributed by atoms with E-state index in [0.717, 1.165) is 36.2 Å². The molecule has 0 aliphatic carbocycles. The first-order valence-electron chi connectivity index (χ1n) is 8.49. The van der Waals surface area contributed by atoms with E-state index in [2.05, 4.69) is 15.5 Å². The van der Waals surface area contributed by atoms with Crippen molar-refractivity contribution in [1.29, 1.82) is 0 Å². The number of nitrogens with zero attached hydrogens (tertiary/aromatic N) is 1. The molecule has 3 N–H and O–H groups in total. The van der Waals surface area contributed by atoms with Gasteiger partial charge in [0.05, 0.1) is 6.10 Å². The maximum atomic E-state index is 12.0. The van der Waals surface area contributed by atoms with Crippen molar-refractivity contribution in [2.24, 2.45) is 0 Å². The standard InChI is InChI=1S/C18H27N3O3/c1-13-5-3-7-16(14(13)2)20-18(24)11-17(23)19-8-10-21-9-4-6-15(22)12-21/h3,5,7,15,22H,4,6,8-12H2,1-2H3,(H,19,23)(H,20,24)/t15-/m1/s1. The molecule has 1 fully saturated rings. The lowest BCUT2D eigenvalue weighted by Gasteiger charge is -2.29. The molecule has 0 unspecified atom stereocenters. The fraction of sp³-hybridized carbons (Fsp3) is 0.556. The highest BCUT2D eigenvalue weighted by Gasteiger charge is 2.17. The Morgan fingerprint density at radius 2 is 2.08 bits per heavy atom. The van der Waals surface area contributed by atoms with Gasteiger partial charge < -0.3 is 15.7 Å². The van der Waals surface area contributed by atoms with Gasteiger partial charge in [-0.2, -0.15) is 0 Å². The number of hydrogen-bond acceptors (Lipinski definition) is 4. The van der Waals surface area contributed by atoms with Crippen LogP contribution in [0.25, 0.3) is 0 Å². The predicted octanol–water partition coefficient (Wildman–Crippen LogP) is 1.20. The van der Waals surface area contributed by atoms with Crippen LogP contribution in [0.2, 0.25) is 0 Å². The van der Waals surface area contributed by atoms with E-state index in [1.165, 1.54) is 0 Å². The van der Waals surface area contributed by atoms with E-state index >= 15 is 0 Å². The van der Waals surface area contributed by atoms with E-state index in [0.29, 0.717) is 19.6 Å². The molecular weight excluding hydrogens is 306 g/mol. The molecule has 1 heterocycles. The monoisotopic (exact) mass is 333 g/mol. The van der Waals surface area contributed by atoms with Crippen molar-refractivity contribution in [3.05, 3.63) is 29.3 Å². The summed E-state index contributed by atoms with van der Waals surface area (Å²) in [6.07, 6.45) is 1.38. The topological polar surface area (TPSA) is 81.7 Å². The van der Waals surface area contributed by atoms with Crippen LogP contribution in [0.4, 0.5) is 5.69 Å². The minimum atomic E-state index is -0.311. The third kappa shape index (κ3) is 5.62. The van der Waals surface area contributed by atoms with Crippen LogP contribution in [0.15, 0.2) is 18.2 Å². The summed E-state index contributed by atoms with van der Waals surface area (Å²) in [5.41, 5.74) is 2.85. The van der Waals surface area contributed by atoms with Crippen LogP contribution in [0.1, 0.15) is 30.4 Å². The third-order valence-corrected chi connectivity index (χ3v) is 4.43. The van der Waals surface area contributed by atoms with Crippen molar-refractivity contribution in [2.75, 3.05) is 31.5 Å². The number of aryl methyl sites for hydroxylation is 1. The van der Waals surface area contributed by atoms with Crippen LogP contribution in [-0.2, 0) is 9.59 Å². The first-order valence-corrected chi connectivity index (χ1v) is 8.49. The zero-order chi connectivity index (χ0) is 17.5. The zero-order valence-corrected chi connectivity index (χ0v) is 14.5. The van der Waals surface area contributed by atoms with Crippen molar-refractivity contribution < 1.29 is 14.7 Å². The summed E-state index contributed by atoms with van der Waals surface area (Å²) in [5, 5.41) is 15.2. The van der Waals surface area contributed by atoms with E-state index in [-0.39, 0.29) is 24.3 Å². The van der Waals surface area contributed by atoms with E-state index in [1.807, 2.05) is 32.0 Å². The number of hydrogen-bond donors (Lipinski definition) is 3. The Balaban J connectivity index is 1.70. The van der Waals surface area contributed by atoms with Crippen LogP contribution < -0.4 is 10.6 Å². The highest BCUT2D eigenvalue weighted by atomic mass is 16.3. The summed E-state index contributed by atoms with van der Waals surface area (Å²) >= 11 is 0. The highest BCUT2D eigenvalue weighted by molar-refractivity contribution is 6.03. The molecule has 132 valence electrons. The summed E-state index contributed by atoms with van der Waals surface area (Å²) in [4.78, 5) is 26.0. The molecule has 1 aliphatic heterocycles. The molecule has 2 rings (SSSR count). The molecule has 6 nitrogen and oxygen atoms in total. The molecule has 0 bridgehead atoms. The minimum absolute atomic E-state index is 0.185. The molecule has 2 amide bonds. The third-order valence-electron chi connectivity index (χ3n) is 4.43. The van der Waals surface area contributed by atoms with Crippen molar-refractivity contribution in [1.82, 2.24) is 10.2 Å². The zero-order valence-electron chi connectivity index (χ0n) is 14.5. The number of β-amino-alcohol motifs (C(OH)–C–C–N with tert-alkyl or cyclic N) is 1. The van der Waals surface area contributed by atoms with Crippen molar-refractivity contribution in [3.8, 4) is 0 Å². The van der Waals surface area contributed by atoms with Gasteiger partial charge in [0.2, 0.25) is 11.8 Å². The van der Waals surface area contributed by atoms with Crippen LogP contribution in [0.3, 0.4) is 0 Å². The summed E-state index contributed by atoms with van der Waals surface area (Å²) in [6.45, 7) is 6.71. The van der Waals surface area contributed by atoms with E-state index in [9.17, 15) is 14.7 Å². The molecule has 0 aromatic heterocycles. The minimum Gasteiger partial charge on any atom is -0.392 e. The summed E-state index contributed by atoms with van der Waals surface area (Å²) < 4.78 is 0. The van der Waals surface area contributed by atoms with Gasteiger partial charge in [0.15, 0.2) is 0 Å². The maximum Gasteiger partial charge on any atom is 0.233 e. The van der Waals surface area contributed by atoms with Crippen LogP contribution >= 0.6 is 0 Å². The Morgan fingerprint density at radius 1 is 1.29 bits per heavy atom.